The van der Waals surface area contributed by atoms with Crippen LogP contribution in [0.25, 0.3) is 21.9 Å². The molecule has 0 aliphatic heterocycles. The van der Waals surface area contributed by atoms with E-state index in [1.165, 1.54) is 6.07 Å². The van der Waals surface area contributed by atoms with Crippen molar-refractivity contribution in [2.75, 3.05) is 6.61 Å². The van der Waals surface area contributed by atoms with E-state index < -0.39 is 0 Å². The Bertz CT molecular complexity index is 899. The fraction of sp³-hybridized carbons (Fsp3) is 0.389. The third-order valence-electron chi connectivity index (χ3n) is 4.02. The summed E-state index contributed by atoms with van der Waals surface area (Å²) in [6.45, 7) is 9.14. The van der Waals surface area contributed by atoms with E-state index in [0.717, 1.165) is 51.8 Å². The summed E-state index contributed by atoms with van der Waals surface area (Å²) in [4.78, 5) is 11.6. The van der Waals surface area contributed by atoms with E-state index in [-0.39, 0.29) is 5.63 Å². The van der Waals surface area contributed by atoms with Gasteiger partial charge in [-0.3, -0.25) is 0 Å². The summed E-state index contributed by atoms with van der Waals surface area (Å²) in [5, 5.41) is 1.98. The number of benzene rings is 1. The van der Waals surface area contributed by atoms with Crippen LogP contribution in [0.15, 0.2) is 25.8 Å². The SMILES string of the molecule is CCCOCc1c(C)oc2c(C)c3oc(=O)cc(C)c3cc12. The maximum Gasteiger partial charge on any atom is 0.336 e. The normalized spacial score (nSPS) is 11.6. The molecule has 22 heavy (non-hydrogen) atoms. The molecule has 0 aliphatic carbocycles. The zero-order chi connectivity index (χ0) is 15.9. The Labute approximate surface area is 128 Å². The van der Waals surface area contributed by atoms with Gasteiger partial charge in [-0.25, -0.2) is 4.79 Å². The molecule has 0 spiro atoms. The molecule has 0 saturated heterocycles. The van der Waals surface area contributed by atoms with Crippen LogP contribution in [0.2, 0.25) is 0 Å². The molecule has 0 aliphatic rings. The predicted molar refractivity (Wildman–Crippen MR) is 86.4 cm³/mol. The van der Waals surface area contributed by atoms with Crippen molar-refractivity contribution >= 4 is 21.9 Å². The Balaban J connectivity index is 2.28. The van der Waals surface area contributed by atoms with Crippen molar-refractivity contribution in [3.8, 4) is 0 Å². The lowest BCUT2D eigenvalue weighted by atomic mass is 10.0. The maximum atomic E-state index is 11.6. The number of fused-ring (bicyclic) bond motifs is 2. The summed E-state index contributed by atoms with van der Waals surface area (Å²) >= 11 is 0. The van der Waals surface area contributed by atoms with Crippen LogP contribution in [-0.2, 0) is 11.3 Å². The number of furan rings is 1. The molecule has 116 valence electrons. The zero-order valence-corrected chi connectivity index (χ0v) is 13.4. The maximum absolute atomic E-state index is 11.6. The van der Waals surface area contributed by atoms with E-state index in [1.54, 1.807) is 0 Å². The van der Waals surface area contributed by atoms with Gasteiger partial charge in [0, 0.05) is 34.6 Å². The van der Waals surface area contributed by atoms with Crippen molar-refractivity contribution in [2.24, 2.45) is 0 Å². The Kier molecular flexibility index (Phi) is 3.79. The first-order chi connectivity index (χ1) is 10.5. The van der Waals surface area contributed by atoms with Crippen molar-refractivity contribution < 1.29 is 13.6 Å². The van der Waals surface area contributed by atoms with Gasteiger partial charge >= 0.3 is 5.63 Å². The molecule has 0 saturated carbocycles. The minimum Gasteiger partial charge on any atom is -0.461 e. The number of aryl methyl sites for hydroxylation is 3. The molecule has 2 heterocycles. The molecule has 3 aromatic rings. The van der Waals surface area contributed by atoms with Crippen molar-refractivity contribution in [3.63, 3.8) is 0 Å². The lowest BCUT2D eigenvalue weighted by molar-refractivity contribution is 0.121. The van der Waals surface area contributed by atoms with E-state index in [2.05, 4.69) is 6.92 Å². The largest absolute Gasteiger partial charge is 0.461 e. The van der Waals surface area contributed by atoms with Crippen LogP contribution in [0, 0.1) is 20.8 Å². The van der Waals surface area contributed by atoms with Crippen molar-refractivity contribution in [2.45, 2.75) is 40.7 Å². The fourth-order valence-corrected chi connectivity index (χ4v) is 2.85. The van der Waals surface area contributed by atoms with Crippen LogP contribution in [-0.4, -0.2) is 6.61 Å². The van der Waals surface area contributed by atoms with E-state index in [4.69, 9.17) is 13.6 Å². The minimum absolute atomic E-state index is 0.331. The summed E-state index contributed by atoms with van der Waals surface area (Å²) in [5.41, 5.74) is 3.89. The van der Waals surface area contributed by atoms with Crippen LogP contribution < -0.4 is 5.63 Å². The zero-order valence-electron chi connectivity index (χ0n) is 13.4. The van der Waals surface area contributed by atoms with Gasteiger partial charge in [0.2, 0.25) is 0 Å². The van der Waals surface area contributed by atoms with Gasteiger partial charge in [-0.05, 0) is 38.8 Å². The summed E-state index contributed by atoms with van der Waals surface area (Å²) in [7, 11) is 0. The van der Waals surface area contributed by atoms with Crippen LogP contribution in [0.5, 0.6) is 0 Å². The lowest BCUT2D eigenvalue weighted by Gasteiger charge is -2.06. The van der Waals surface area contributed by atoms with Crippen LogP contribution in [0.4, 0.5) is 0 Å². The summed E-state index contributed by atoms with van der Waals surface area (Å²) in [6, 6.07) is 3.56. The molecule has 4 nitrogen and oxygen atoms in total. The second kappa shape index (κ2) is 5.61. The van der Waals surface area contributed by atoms with Gasteiger partial charge in [-0.1, -0.05) is 6.92 Å². The number of hydrogen-bond acceptors (Lipinski definition) is 4. The van der Waals surface area contributed by atoms with Gasteiger partial charge < -0.3 is 13.6 Å². The standard InChI is InChI=1S/C18H20O4/c1-5-6-20-9-15-12(4)21-18-11(3)17-13(8-14(15)18)10(2)7-16(19)22-17/h7-8H,5-6,9H2,1-4H3. The summed E-state index contributed by atoms with van der Waals surface area (Å²) in [5.74, 6) is 0.851. The Hall–Kier alpha value is -2.07. The smallest absolute Gasteiger partial charge is 0.336 e. The van der Waals surface area contributed by atoms with E-state index >= 15 is 0 Å². The highest BCUT2D eigenvalue weighted by molar-refractivity contribution is 5.99. The highest BCUT2D eigenvalue weighted by Crippen LogP contribution is 2.34. The van der Waals surface area contributed by atoms with Crippen molar-refractivity contribution in [1.82, 2.24) is 0 Å². The lowest BCUT2D eigenvalue weighted by Crippen LogP contribution is -1.99. The molecule has 0 amide bonds. The quantitative estimate of drug-likeness (QED) is 0.529. The molecule has 1 aromatic carbocycles. The first kappa shape index (κ1) is 14.9. The second-order valence-corrected chi connectivity index (χ2v) is 5.69. The summed E-state index contributed by atoms with van der Waals surface area (Å²) in [6.07, 6.45) is 0.987. The predicted octanol–water partition coefficient (Wildman–Crippen LogP) is 4.39. The molecule has 0 atom stereocenters. The van der Waals surface area contributed by atoms with E-state index in [1.807, 2.05) is 26.8 Å². The second-order valence-electron chi connectivity index (χ2n) is 5.69. The Morgan fingerprint density at radius 2 is 1.77 bits per heavy atom. The third kappa shape index (κ3) is 2.33. The van der Waals surface area contributed by atoms with Crippen molar-refractivity contribution in [3.05, 3.63) is 45.0 Å². The molecule has 0 fully saturated rings. The van der Waals surface area contributed by atoms with Crippen LogP contribution >= 0.6 is 0 Å². The molecule has 0 radical (unpaired) electrons. The molecule has 3 rings (SSSR count). The fourth-order valence-electron chi connectivity index (χ4n) is 2.85. The summed E-state index contributed by atoms with van der Waals surface area (Å²) < 4.78 is 17.0. The average Bonchev–Trinajstić information content (AvgIpc) is 2.78. The van der Waals surface area contributed by atoms with Gasteiger partial charge in [0.05, 0.1) is 6.61 Å². The molecule has 0 unspecified atom stereocenters. The van der Waals surface area contributed by atoms with E-state index in [0.29, 0.717) is 12.2 Å². The Morgan fingerprint density at radius 1 is 1.05 bits per heavy atom. The monoisotopic (exact) mass is 300 g/mol. The first-order valence-corrected chi connectivity index (χ1v) is 7.56. The van der Waals surface area contributed by atoms with Gasteiger partial charge in [-0.15, -0.1) is 0 Å². The highest BCUT2D eigenvalue weighted by atomic mass is 16.5. The van der Waals surface area contributed by atoms with Gasteiger partial charge in [0.1, 0.15) is 16.9 Å². The topological polar surface area (TPSA) is 52.6 Å². The number of rotatable bonds is 4. The van der Waals surface area contributed by atoms with E-state index in [9.17, 15) is 4.79 Å². The van der Waals surface area contributed by atoms with Gasteiger partial charge in [0.15, 0.2) is 0 Å². The highest BCUT2D eigenvalue weighted by Gasteiger charge is 2.17. The first-order valence-electron chi connectivity index (χ1n) is 7.56. The minimum atomic E-state index is -0.331. The van der Waals surface area contributed by atoms with Gasteiger partial charge in [0.25, 0.3) is 0 Å². The van der Waals surface area contributed by atoms with Gasteiger partial charge in [-0.2, -0.15) is 0 Å². The molecule has 4 heteroatoms. The molecule has 0 bridgehead atoms. The average molecular weight is 300 g/mol. The molecule has 0 N–H and O–H groups in total. The van der Waals surface area contributed by atoms with Crippen LogP contribution in [0.3, 0.4) is 0 Å². The van der Waals surface area contributed by atoms with Crippen molar-refractivity contribution in [1.29, 1.82) is 0 Å². The number of ether oxygens (including phenoxy) is 1. The molecular formula is C18H20O4. The molecule has 2 aromatic heterocycles. The Morgan fingerprint density at radius 3 is 2.50 bits per heavy atom. The third-order valence-corrected chi connectivity index (χ3v) is 4.02. The number of hydrogen-bond donors (Lipinski definition) is 0. The molecular weight excluding hydrogens is 280 g/mol. The van der Waals surface area contributed by atoms with Crippen LogP contribution in [0.1, 0.15) is 35.8 Å².